The summed E-state index contributed by atoms with van der Waals surface area (Å²) in [6.45, 7) is 3.39. The quantitative estimate of drug-likeness (QED) is 0.421. The third-order valence-corrected chi connectivity index (χ3v) is 4.96. The molecule has 0 spiro atoms. The van der Waals surface area contributed by atoms with Crippen molar-refractivity contribution in [2.75, 3.05) is 17.7 Å². The minimum atomic E-state index is -0.616. The van der Waals surface area contributed by atoms with Gasteiger partial charge in [-0.25, -0.2) is 9.37 Å². The van der Waals surface area contributed by atoms with Crippen LogP contribution in [0.5, 0.6) is 5.75 Å². The molecular weight excluding hydrogens is 395 g/mol. The molecule has 4 rings (SSSR count). The molecule has 0 aliphatic rings. The second-order valence-corrected chi connectivity index (χ2v) is 6.95. The third kappa shape index (κ3) is 3.98. The second-order valence-electron chi connectivity index (χ2n) is 6.95. The van der Waals surface area contributed by atoms with Gasteiger partial charge in [0, 0.05) is 42.0 Å². The van der Waals surface area contributed by atoms with Crippen LogP contribution in [0.4, 0.5) is 21.6 Å². The van der Waals surface area contributed by atoms with Crippen molar-refractivity contribution in [1.82, 2.24) is 9.55 Å². The van der Waals surface area contributed by atoms with E-state index in [2.05, 4.69) is 45.1 Å². The molecule has 0 aliphatic carbocycles. The van der Waals surface area contributed by atoms with Crippen LogP contribution in [-0.2, 0) is 11.8 Å². The summed E-state index contributed by atoms with van der Waals surface area (Å²) in [6.07, 6.45) is 4.85. The maximum atomic E-state index is 14.3. The SMILES string of the molecule is C=CC(=O)Nc1cc(Nc2cc(-c3cn(C)c4ccccc34)ccn2)c(OC)cc1F. The molecule has 31 heavy (non-hydrogen) atoms. The number of fused-ring (bicyclic) bond motifs is 1. The van der Waals surface area contributed by atoms with Gasteiger partial charge in [0.05, 0.1) is 18.5 Å². The number of amides is 1. The Hall–Kier alpha value is -4.13. The van der Waals surface area contributed by atoms with E-state index in [0.717, 1.165) is 28.1 Å². The van der Waals surface area contributed by atoms with Crippen molar-refractivity contribution in [3.63, 3.8) is 0 Å². The summed E-state index contributed by atoms with van der Waals surface area (Å²) in [4.78, 5) is 16.0. The molecular formula is C24H21FN4O2. The number of halogens is 1. The zero-order chi connectivity index (χ0) is 22.0. The van der Waals surface area contributed by atoms with Gasteiger partial charge in [-0.05, 0) is 35.9 Å². The third-order valence-electron chi connectivity index (χ3n) is 4.96. The predicted molar refractivity (Wildman–Crippen MR) is 121 cm³/mol. The van der Waals surface area contributed by atoms with E-state index < -0.39 is 11.7 Å². The second kappa shape index (κ2) is 8.31. The standard InChI is InChI=1S/C24H21FN4O2/c1-4-24(30)28-19-13-20(22(31-3)12-18(19)25)27-23-11-15(9-10-26-23)17-14-29(2)21-8-6-5-7-16(17)21/h4-14H,1H2,2-3H3,(H,26,27)(H,28,30). The summed E-state index contributed by atoms with van der Waals surface area (Å²) in [5.41, 5.74) is 3.67. The van der Waals surface area contributed by atoms with Crippen LogP contribution < -0.4 is 15.4 Å². The van der Waals surface area contributed by atoms with Crippen molar-refractivity contribution >= 4 is 34.0 Å². The first-order valence-electron chi connectivity index (χ1n) is 9.58. The number of pyridine rings is 1. The molecule has 1 amide bonds. The highest BCUT2D eigenvalue weighted by Crippen LogP contribution is 2.35. The molecule has 0 saturated heterocycles. The van der Waals surface area contributed by atoms with Crippen molar-refractivity contribution in [3.05, 3.63) is 79.4 Å². The summed E-state index contributed by atoms with van der Waals surface area (Å²) < 4.78 is 21.7. The summed E-state index contributed by atoms with van der Waals surface area (Å²) in [5, 5.41) is 6.74. The van der Waals surface area contributed by atoms with Gasteiger partial charge in [-0.1, -0.05) is 24.8 Å². The van der Waals surface area contributed by atoms with E-state index in [-0.39, 0.29) is 11.4 Å². The molecule has 4 aromatic rings. The minimum absolute atomic E-state index is 0.0124. The average Bonchev–Trinajstić information content (AvgIpc) is 3.12. The maximum Gasteiger partial charge on any atom is 0.247 e. The molecule has 156 valence electrons. The Labute approximate surface area is 179 Å². The van der Waals surface area contributed by atoms with E-state index in [9.17, 15) is 9.18 Å². The molecule has 0 atom stereocenters. The number of methoxy groups -OCH3 is 1. The average molecular weight is 416 g/mol. The number of para-hydroxylation sites is 1. The number of nitrogens with one attached hydrogen (secondary N) is 2. The van der Waals surface area contributed by atoms with Gasteiger partial charge in [-0.15, -0.1) is 0 Å². The molecule has 2 heterocycles. The molecule has 0 bridgehead atoms. The molecule has 6 nitrogen and oxygen atoms in total. The van der Waals surface area contributed by atoms with Crippen LogP contribution in [-0.4, -0.2) is 22.6 Å². The lowest BCUT2D eigenvalue weighted by Crippen LogP contribution is -2.09. The van der Waals surface area contributed by atoms with Gasteiger partial charge < -0.3 is 19.9 Å². The van der Waals surface area contributed by atoms with Gasteiger partial charge in [0.25, 0.3) is 0 Å². The first-order chi connectivity index (χ1) is 15.0. The lowest BCUT2D eigenvalue weighted by atomic mass is 10.1. The summed E-state index contributed by atoms with van der Waals surface area (Å²) in [5.74, 6) is -0.288. The Balaban J connectivity index is 1.71. The summed E-state index contributed by atoms with van der Waals surface area (Å²) in [6, 6.07) is 14.7. The van der Waals surface area contributed by atoms with Crippen LogP contribution in [0, 0.1) is 5.82 Å². The number of nitrogens with zero attached hydrogens (tertiary/aromatic N) is 2. The van der Waals surface area contributed by atoms with Gasteiger partial charge in [0.15, 0.2) is 5.82 Å². The lowest BCUT2D eigenvalue weighted by molar-refractivity contribution is -0.111. The fourth-order valence-electron chi connectivity index (χ4n) is 3.48. The molecule has 0 unspecified atom stereocenters. The van der Waals surface area contributed by atoms with E-state index in [1.165, 1.54) is 19.2 Å². The van der Waals surface area contributed by atoms with Crippen molar-refractivity contribution in [3.8, 4) is 16.9 Å². The lowest BCUT2D eigenvalue weighted by Gasteiger charge is -2.14. The fourth-order valence-corrected chi connectivity index (χ4v) is 3.48. The maximum absolute atomic E-state index is 14.3. The Morgan fingerprint density at radius 2 is 2.00 bits per heavy atom. The van der Waals surface area contributed by atoms with Crippen molar-refractivity contribution in [2.45, 2.75) is 0 Å². The van der Waals surface area contributed by atoms with Gasteiger partial charge >= 0.3 is 0 Å². The fraction of sp³-hybridized carbons (Fsp3) is 0.0833. The molecule has 0 radical (unpaired) electrons. The molecule has 0 fully saturated rings. The van der Waals surface area contributed by atoms with Gasteiger partial charge in [0.1, 0.15) is 11.6 Å². The first-order valence-corrected chi connectivity index (χ1v) is 9.58. The Morgan fingerprint density at radius 3 is 2.77 bits per heavy atom. The van der Waals surface area contributed by atoms with E-state index in [0.29, 0.717) is 11.5 Å². The summed E-state index contributed by atoms with van der Waals surface area (Å²) in [7, 11) is 3.45. The van der Waals surface area contributed by atoms with Crippen LogP contribution in [0.25, 0.3) is 22.0 Å². The molecule has 2 aromatic heterocycles. The van der Waals surface area contributed by atoms with Gasteiger partial charge in [-0.2, -0.15) is 0 Å². The van der Waals surface area contributed by atoms with E-state index in [1.807, 2.05) is 31.3 Å². The number of carbonyl (C=O) groups excluding carboxylic acids is 1. The van der Waals surface area contributed by atoms with Crippen LogP contribution in [0.1, 0.15) is 0 Å². The Morgan fingerprint density at radius 1 is 1.19 bits per heavy atom. The number of ether oxygens (including phenoxy) is 1. The van der Waals surface area contributed by atoms with Crippen molar-refractivity contribution < 1.29 is 13.9 Å². The summed E-state index contributed by atoms with van der Waals surface area (Å²) >= 11 is 0. The Bertz CT molecular complexity index is 1300. The minimum Gasteiger partial charge on any atom is -0.494 e. The largest absolute Gasteiger partial charge is 0.494 e. The molecule has 0 aliphatic heterocycles. The topological polar surface area (TPSA) is 68.2 Å². The zero-order valence-corrected chi connectivity index (χ0v) is 17.1. The molecule has 2 aromatic carbocycles. The number of hydrogen-bond acceptors (Lipinski definition) is 4. The zero-order valence-electron chi connectivity index (χ0n) is 17.1. The van der Waals surface area contributed by atoms with Crippen molar-refractivity contribution in [2.24, 2.45) is 7.05 Å². The normalized spacial score (nSPS) is 10.7. The number of rotatable bonds is 6. The van der Waals surface area contributed by atoms with E-state index in [4.69, 9.17) is 4.74 Å². The van der Waals surface area contributed by atoms with Crippen LogP contribution in [0.2, 0.25) is 0 Å². The monoisotopic (exact) mass is 416 g/mol. The highest BCUT2D eigenvalue weighted by Gasteiger charge is 2.14. The Kier molecular flexibility index (Phi) is 5.41. The predicted octanol–water partition coefficient (Wildman–Crippen LogP) is 5.26. The number of anilines is 3. The number of aromatic nitrogens is 2. The number of benzene rings is 2. The number of aryl methyl sites for hydroxylation is 1. The van der Waals surface area contributed by atoms with Crippen molar-refractivity contribution in [1.29, 1.82) is 0 Å². The van der Waals surface area contributed by atoms with Gasteiger partial charge in [-0.3, -0.25) is 4.79 Å². The smallest absolute Gasteiger partial charge is 0.247 e. The van der Waals surface area contributed by atoms with Gasteiger partial charge in [0.2, 0.25) is 5.91 Å². The first kappa shape index (κ1) is 20.2. The number of carbonyl (C=O) groups is 1. The molecule has 0 saturated carbocycles. The van der Waals surface area contributed by atoms with E-state index in [1.54, 1.807) is 6.20 Å². The molecule has 2 N–H and O–H groups in total. The van der Waals surface area contributed by atoms with Crippen LogP contribution >= 0.6 is 0 Å². The molecule has 7 heteroatoms. The van der Waals surface area contributed by atoms with Crippen LogP contribution in [0.15, 0.2) is 73.6 Å². The van der Waals surface area contributed by atoms with E-state index >= 15 is 0 Å². The van der Waals surface area contributed by atoms with Crippen LogP contribution in [0.3, 0.4) is 0 Å². The highest BCUT2D eigenvalue weighted by molar-refractivity contribution is 5.99. The highest BCUT2D eigenvalue weighted by atomic mass is 19.1. The number of hydrogen-bond donors (Lipinski definition) is 2.